The van der Waals surface area contributed by atoms with E-state index >= 15 is 0 Å². The Morgan fingerprint density at radius 3 is 2.79 bits per heavy atom. The van der Waals surface area contributed by atoms with Gasteiger partial charge in [0.05, 0.1) is 15.9 Å². The Kier molecular flexibility index (Phi) is 4.13. The minimum absolute atomic E-state index is 0.0525. The van der Waals surface area contributed by atoms with E-state index in [2.05, 4.69) is 4.98 Å². The van der Waals surface area contributed by atoms with Gasteiger partial charge in [-0.05, 0) is 30.7 Å². The summed E-state index contributed by atoms with van der Waals surface area (Å²) in [5.74, 6) is 0. The summed E-state index contributed by atoms with van der Waals surface area (Å²) >= 11 is 1.21. The average molecular weight is 276 g/mol. The van der Waals surface area contributed by atoms with Crippen LogP contribution < -0.4 is 0 Å². The normalized spacial score (nSPS) is 12.1. The second-order valence-electron chi connectivity index (χ2n) is 3.93. The van der Waals surface area contributed by atoms with Gasteiger partial charge in [-0.2, -0.15) is 0 Å². The molecule has 0 unspecified atom stereocenters. The van der Waals surface area contributed by atoms with E-state index in [0.29, 0.717) is 9.92 Å². The zero-order valence-electron chi connectivity index (χ0n) is 10.2. The van der Waals surface area contributed by atoms with Crippen LogP contribution in [0.3, 0.4) is 0 Å². The Balaban J connectivity index is 2.31. The molecule has 0 saturated carbocycles. The largest absolute Gasteiger partial charge is 0.389 e. The summed E-state index contributed by atoms with van der Waals surface area (Å²) in [5.41, 5.74) is 0.785. The summed E-state index contributed by atoms with van der Waals surface area (Å²) < 4.78 is 0. The first kappa shape index (κ1) is 13.5. The topological polar surface area (TPSA) is 76.3 Å². The number of nitro groups is 1. The second-order valence-corrected chi connectivity index (χ2v) is 4.99. The van der Waals surface area contributed by atoms with Crippen LogP contribution >= 0.6 is 11.8 Å². The van der Waals surface area contributed by atoms with Crippen LogP contribution in [0.2, 0.25) is 0 Å². The predicted octanol–water partition coefficient (Wildman–Crippen LogP) is 3.19. The number of rotatable bonds is 4. The van der Waals surface area contributed by atoms with Gasteiger partial charge in [0.1, 0.15) is 5.03 Å². The number of nitrogens with zero attached hydrogens (tertiary/aromatic N) is 2. The maximum absolute atomic E-state index is 10.9. The van der Waals surface area contributed by atoms with Crippen LogP contribution in [-0.2, 0) is 0 Å². The van der Waals surface area contributed by atoms with Crippen LogP contribution in [0, 0.1) is 10.1 Å². The van der Waals surface area contributed by atoms with Crippen LogP contribution in [0.25, 0.3) is 0 Å². The van der Waals surface area contributed by atoms with E-state index in [0.717, 1.165) is 5.56 Å². The SMILES string of the molecule is C[C@H](O)c1ccnc(Sc2ccccc2[N+](=O)[O-])c1. The van der Waals surface area contributed by atoms with Crippen molar-refractivity contribution in [2.24, 2.45) is 0 Å². The molecule has 0 amide bonds. The van der Waals surface area contributed by atoms with Crippen molar-refractivity contribution < 1.29 is 10.0 Å². The number of aliphatic hydroxyl groups is 1. The van der Waals surface area contributed by atoms with Gasteiger partial charge in [-0.3, -0.25) is 10.1 Å². The first-order chi connectivity index (χ1) is 9.08. The van der Waals surface area contributed by atoms with Gasteiger partial charge in [-0.1, -0.05) is 23.9 Å². The molecule has 0 aliphatic rings. The van der Waals surface area contributed by atoms with Gasteiger partial charge in [0.15, 0.2) is 0 Å². The first-order valence-electron chi connectivity index (χ1n) is 5.63. The molecule has 0 bridgehead atoms. The fraction of sp³-hybridized carbons (Fsp3) is 0.154. The average Bonchev–Trinajstić information content (AvgIpc) is 2.39. The highest BCUT2D eigenvalue weighted by Gasteiger charge is 2.14. The summed E-state index contributed by atoms with van der Waals surface area (Å²) in [5, 5.41) is 21.0. The van der Waals surface area contributed by atoms with E-state index < -0.39 is 11.0 Å². The van der Waals surface area contributed by atoms with Gasteiger partial charge in [-0.25, -0.2) is 4.98 Å². The maximum Gasteiger partial charge on any atom is 0.283 e. The molecule has 98 valence electrons. The number of hydrogen-bond donors (Lipinski definition) is 1. The number of para-hydroxylation sites is 1. The Labute approximate surface area is 114 Å². The number of nitro benzene ring substituents is 1. The Morgan fingerprint density at radius 2 is 2.11 bits per heavy atom. The quantitative estimate of drug-likeness (QED) is 0.685. The minimum atomic E-state index is -0.590. The third-order valence-corrected chi connectivity index (χ3v) is 3.52. The van der Waals surface area contributed by atoms with Crippen LogP contribution in [0.15, 0.2) is 52.5 Å². The molecule has 2 aromatic rings. The van der Waals surface area contributed by atoms with Crippen LogP contribution in [0.4, 0.5) is 5.69 Å². The maximum atomic E-state index is 10.9. The zero-order chi connectivity index (χ0) is 13.8. The summed E-state index contributed by atoms with van der Waals surface area (Å²) in [4.78, 5) is 15.2. The van der Waals surface area contributed by atoms with Crippen molar-refractivity contribution in [3.63, 3.8) is 0 Å². The standard InChI is InChI=1S/C13H12N2O3S/c1-9(16)10-6-7-14-13(8-10)19-12-5-3-2-4-11(12)15(17)18/h2-9,16H,1H3/t9-/m0/s1. The molecule has 2 rings (SSSR count). The molecule has 1 aromatic carbocycles. The second kappa shape index (κ2) is 5.81. The van der Waals surface area contributed by atoms with Gasteiger partial charge in [0, 0.05) is 12.3 Å². The molecule has 1 N–H and O–H groups in total. The molecule has 0 saturated heterocycles. The fourth-order valence-corrected chi connectivity index (χ4v) is 2.48. The first-order valence-corrected chi connectivity index (χ1v) is 6.45. The summed E-state index contributed by atoms with van der Waals surface area (Å²) in [6, 6.07) is 9.95. The molecule has 5 nitrogen and oxygen atoms in total. The van der Waals surface area contributed by atoms with Gasteiger partial charge in [0.25, 0.3) is 5.69 Å². The van der Waals surface area contributed by atoms with E-state index in [4.69, 9.17) is 0 Å². The van der Waals surface area contributed by atoms with Crippen LogP contribution in [0.1, 0.15) is 18.6 Å². The summed E-state index contributed by atoms with van der Waals surface area (Å²) in [6.45, 7) is 1.66. The number of aromatic nitrogens is 1. The lowest BCUT2D eigenvalue weighted by Crippen LogP contribution is -1.93. The minimum Gasteiger partial charge on any atom is -0.389 e. The van der Waals surface area contributed by atoms with E-state index in [9.17, 15) is 15.2 Å². The van der Waals surface area contributed by atoms with E-state index in [1.165, 1.54) is 17.8 Å². The Morgan fingerprint density at radius 1 is 1.37 bits per heavy atom. The van der Waals surface area contributed by atoms with E-state index in [1.807, 2.05) is 0 Å². The third kappa shape index (κ3) is 3.30. The molecular formula is C13H12N2O3S. The van der Waals surface area contributed by atoms with Crippen molar-refractivity contribution in [3.8, 4) is 0 Å². The molecule has 0 radical (unpaired) electrons. The van der Waals surface area contributed by atoms with E-state index in [1.54, 1.807) is 43.5 Å². The van der Waals surface area contributed by atoms with Gasteiger partial charge in [0.2, 0.25) is 0 Å². The van der Waals surface area contributed by atoms with Crippen molar-refractivity contribution in [2.75, 3.05) is 0 Å². The third-order valence-electron chi connectivity index (χ3n) is 2.52. The van der Waals surface area contributed by atoms with E-state index in [-0.39, 0.29) is 5.69 Å². The van der Waals surface area contributed by atoms with Crippen molar-refractivity contribution >= 4 is 17.4 Å². The Hall–Kier alpha value is -1.92. The van der Waals surface area contributed by atoms with Crippen molar-refractivity contribution in [1.82, 2.24) is 4.98 Å². The molecule has 0 fully saturated rings. The molecule has 19 heavy (non-hydrogen) atoms. The number of pyridine rings is 1. The van der Waals surface area contributed by atoms with Crippen molar-refractivity contribution in [2.45, 2.75) is 22.9 Å². The highest BCUT2D eigenvalue weighted by Crippen LogP contribution is 2.34. The predicted molar refractivity (Wildman–Crippen MR) is 72.1 cm³/mol. The fourth-order valence-electron chi connectivity index (χ4n) is 1.55. The highest BCUT2D eigenvalue weighted by atomic mass is 32.2. The zero-order valence-corrected chi connectivity index (χ0v) is 11.0. The Bertz CT molecular complexity index is 602. The molecular weight excluding hydrogens is 264 g/mol. The lowest BCUT2D eigenvalue weighted by molar-refractivity contribution is -0.387. The van der Waals surface area contributed by atoms with Gasteiger partial charge >= 0.3 is 0 Å². The summed E-state index contributed by atoms with van der Waals surface area (Å²) in [7, 11) is 0. The van der Waals surface area contributed by atoms with Crippen molar-refractivity contribution in [3.05, 3.63) is 58.3 Å². The molecule has 6 heteroatoms. The molecule has 0 aliphatic carbocycles. The van der Waals surface area contributed by atoms with Gasteiger partial charge < -0.3 is 5.11 Å². The molecule has 1 aromatic heterocycles. The van der Waals surface area contributed by atoms with Crippen LogP contribution in [0.5, 0.6) is 0 Å². The molecule has 0 aliphatic heterocycles. The summed E-state index contributed by atoms with van der Waals surface area (Å²) in [6.07, 6.45) is 0.993. The highest BCUT2D eigenvalue weighted by molar-refractivity contribution is 7.99. The number of hydrogen-bond acceptors (Lipinski definition) is 5. The van der Waals surface area contributed by atoms with Gasteiger partial charge in [-0.15, -0.1) is 0 Å². The smallest absolute Gasteiger partial charge is 0.283 e. The number of aliphatic hydroxyl groups excluding tert-OH is 1. The van der Waals surface area contributed by atoms with Crippen molar-refractivity contribution in [1.29, 1.82) is 0 Å². The monoisotopic (exact) mass is 276 g/mol. The molecule has 1 atom stereocenters. The molecule has 1 heterocycles. The number of benzene rings is 1. The lowest BCUT2D eigenvalue weighted by atomic mass is 10.2. The molecule has 0 spiro atoms. The van der Waals surface area contributed by atoms with Crippen LogP contribution in [-0.4, -0.2) is 15.0 Å². The lowest BCUT2D eigenvalue weighted by Gasteiger charge is -2.06.